The van der Waals surface area contributed by atoms with Gasteiger partial charge in [0.05, 0.1) is 25.0 Å². The number of aryl methyl sites for hydroxylation is 1. The molecular formula is C10H14N4O. The van der Waals surface area contributed by atoms with Gasteiger partial charge in [-0.25, -0.2) is 4.98 Å². The second-order valence-electron chi connectivity index (χ2n) is 3.52. The molecule has 1 aromatic rings. The number of aromatic nitrogens is 2. The Morgan fingerprint density at radius 1 is 1.80 bits per heavy atom. The molecule has 0 bridgehead atoms. The quantitative estimate of drug-likeness (QED) is 0.734. The van der Waals surface area contributed by atoms with Gasteiger partial charge >= 0.3 is 0 Å². The molecule has 1 heterocycles. The summed E-state index contributed by atoms with van der Waals surface area (Å²) in [6, 6.07) is 1.96. The molecule has 0 aromatic carbocycles. The average molecular weight is 206 g/mol. The fourth-order valence-corrected chi connectivity index (χ4v) is 1.21. The van der Waals surface area contributed by atoms with E-state index in [1.165, 1.54) is 6.20 Å². The van der Waals surface area contributed by atoms with Crippen molar-refractivity contribution in [2.45, 2.75) is 19.4 Å². The number of nitriles is 1. The topological polar surface area (TPSA) is 61.9 Å². The summed E-state index contributed by atoms with van der Waals surface area (Å²) >= 11 is 0. The summed E-state index contributed by atoms with van der Waals surface area (Å²) in [6.45, 7) is 1.84. The summed E-state index contributed by atoms with van der Waals surface area (Å²) in [7, 11) is 3.46. The Balaban J connectivity index is 2.78. The van der Waals surface area contributed by atoms with E-state index in [1.54, 1.807) is 29.9 Å². The Hall–Kier alpha value is -1.83. The van der Waals surface area contributed by atoms with Crippen LogP contribution in [-0.4, -0.2) is 33.4 Å². The summed E-state index contributed by atoms with van der Waals surface area (Å²) in [4.78, 5) is 17.3. The molecule has 1 rings (SSSR count). The lowest BCUT2D eigenvalue weighted by molar-refractivity contribution is 0.0736. The zero-order valence-corrected chi connectivity index (χ0v) is 9.14. The smallest absolute Gasteiger partial charge is 0.272 e. The van der Waals surface area contributed by atoms with Crippen LogP contribution in [0.1, 0.15) is 23.8 Å². The maximum absolute atomic E-state index is 11.9. The molecule has 5 heteroatoms. The minimum Gasteiger partial charge on any atom is -0.337 e. The Bertz CT molecular complexity index is 390. The number of hydrogen-bond acceptors (Lipinski definition) is 3. The summed E-state index contributed by atoms with van der Waals surface area (Å²) in [5, 5.41) is 8.55. The molecule has 1 unspecified atom stereocenters. The second kappa shape index (κ2) is 4.60. The van der Waals surface area contributed by atoms with Gasteiger partial charge in [0.2, 0.25) is 0 Å². The van der Waals surface area contributed by atoms with Crippen molar-refractivity contribution in [1.29, 1.82) is 5.26 Å². The van der Waals surface area contributed by atoms with E-state index in [4.69, 9.17) is 5.26 Å². The van der Waals surface area contributed by atoms with E-state index in [0.29, 0.717) is 12.1 Å². The molecule has 80 valence electrons. The minimum absolute atomic E-state index is 0.0857. The van der Waals surface area contributed by atoms with E-state index in [1.807, 2.05) is 13.0 Å². The van der Waals surface area contributed by atoms with Crippen LogP contribution in [0, 0.1) is 11.3 Å². The summed E-state index contributed by atoms with van der Waals surface area (Å²) < 4.78 is 1.66. The van der Waals surface area contributed by atoms with E-state index in [-0.39, 0.29) is 11.9 Å². The van der Waals surface area contributed by atoms with Gasteiger partial charge in [-0.15, -0.1) is 0 Å². The largest absolute Gasteiger partial charge is 0.337 e. The van der Waals surface area contributed by atoms with Gasteiger partial charge < -0.3 is 9.47 Å². The minimum atomic E-state index is -0.113. The lowest BCUT2D eigenvalue weighted by Gasteiger charge is -2.22. The molecule has 1 amide bonds. The molecule has 0 aliphatic carbocycles. The van der Waals surface area contributed by atoms with Gasteiger partial charge in [0, 0.05) is 20.1 Å². The van der Waals surface area contributed by atoms with Gasteiger partial charge in [-0.3, -0.25) is 4.79 Å². The highest BCUT2D eigenvalue weighted by molar-refractivity contribution is 5.92. The maximum atomic E-state index is 11.9. The van der Waals surface area contributed by atoms with Crippen molar-refractivity contribution >= 4 is 5.91 Å². The predicted octanol–water partition coefficient (Wildman–Crippen LogP) is 0.794. The molecule has 0 aliphatic rings. The summed E-state index contributed by atoms with van der Waals surface area (Å²) in [5.41, 5.74) is 0.530. The van der Waals surface area contributed by atoms with Crippen molar-refractivity contribution in [3.63, 3.8) is 0 Å². The summed E-state index contributed by atoms with van der Waals surface area (Å²) in [6.07, 6.45) is 3.44. The van der Waals surface area contributed by atoms with Gasteiger partial charge in [-0.1, -0.05) is 0 Å². The van der Waals surface area contributed by atoms with Crippen molar-refractivity contribution < 1.29 is 4.79 Å². The first kappa shape index (κ1) is 11.2. The first-order valence-corrected chi connectivity index (χ1v) is 4.68. The van der Waals surface area contributed by atoms with Crippen LogP contribution >= 0.6 is 0 Å². The van der Waals surface area contributed by atoms with Crippen LogP contribution in [0.4, 0.5) is 0 Å². The Kier molecular flexibility index (Phi) is 3.45. The zero-order chi connectivity index (χ0) is 11.4. The Labute approximate surface area is 88.9 Å². The third-order valence-electron chi connectivity index (χ3n) is 2.40. The van der Waals surface area contributed by atoms with Crippen LogP contribution < -0.4 is 0 Å². The first-order valence-electron chi connectivity index (χ1n) is 4.68. The SMILES string of the molecule is CC(CC#N)N(C)C(=O)c1cncn1C. The number of nitrogens with zero attached hydrogens (tertiary/aromatic N) is 4. The van der Waals surface area contributed by atoms with Crippen LogP contribution in [-0.2, 0) is 7.05 Å². The second-order valence-corrected chi connectivity index (χ2v) is 3.52. The van der Waals surface area contributed by atoms with Gasteiger partial charge in [0.25, 0.3) is 5.91 Å². The van der Waals surface area contributed by atoms with Crippen molar-refractivity contribution in [3.8, 4) is 6.07 Å². The normalized spacial score (nSPS) is 11.9. The number of rotatable bonds is 3. The number of imidazole rings is 1. The molecule has 0 saturated heterocycles. The number of amides is 1. The Morgan fingerprint density at radius 3 is 2.93 bits per heavy atom. The molecule has 0 N–H and O–H groups in total. The molecule has 5 nitrogen and oxygen atoms in total. The zero-order valence-electron chi connectivity index (χ0n) is 9.14. The molecule has 1 atom stereocenters. The van der Waals surface area contributed by atoms with Crippen LogP contribution in [0.25, 0.3) is 0 Å². The van der Waals surface area contributed by atoms with Crippen LogP contribution in [0.15, 0.2) is 12.5 Å². The van der Waals surface area contributed by atoms with E-state index in [9.17, 15) is 4.79 Å². The lowest BCUT2D eigenvalue weighted by Crippen LogP contribution is -2.35. The third-order valence-corrected chi connectivity index (χ3v) is 2.40. The highest BCUT2D eigenvalue weighted by Gasteiger charge is 2.19. The molecule has 1 aromatic heterocycles. The fraction of sp³-hybridized carbons (Fsp3) is 0.500. The number of hydrogen-bond donors (Lipinski definition) is 0. The average Bonchev–Trinajstić information content (AvgIpc) is 2.62. The highest BCUT2D eigenvalue weighted by atomic mass is 16.2. The van der Waals surface area contributed by atoms with Gasteiger partial charge in [0.1, 0.15) is 5.69 Å². The summed E-state index contributed by atoms with van der Waals surface area (Å²) in [5.74, 6) is -0.113. The lowest BCUT2D eigenvalue weighted by atomic mass is 10.2. The van der Waals surface area contributed by atoms with Crippen molar-refractivity contribution in [2.24, 2.45) is 7.05 Å². The van der Waals surface area contributed by atoms with Crippen LogP contribution in [0.5, 0.6) is 0 Å². The van der Waals surface area contributed by atoms with Crippen LogP contribution in [0.3, 0.4) is 0 Å². The van der Waals surface area contributed by atoms with Crippen molar-refractivity contribution in [1.82, 2.24) is 14.5 Å². The standard InChI is InChI=1S/C10H14N4O/c1-8(4-5-11)14(3)10(15)9-6-12-7-13(9)2/h6-8H,4H2,1-3H3. The van der Waals surface area contributed by atoms with E-state index in [2.05, 4.69) is 4.98 Å². The van der Waals surface area contributed by atoms with Crippen molar-refractivity contribution in [3.05, 3.63) is 18.2 Å². The molecule has 0 saturated carbocycles. The fourth-order valence-electron chi connectivity index (χ4n) is 1.21. The predicted molar refractivity (Wildman–Crippen MR) is 55.0 cm³/mol. The maximum Gasteiger partial charge on any atom is 0.272 e. The molecule has 0 aliphatic heterocycles. The van der Waals surface area contributed by atoms with Crippen LogP contribution in [0.2, 0.25) is 0 Å². The number of carbonyl (C=O) groups is 1. The molecule has 15 heavy (non-hydrogen) atoms. The first-order chi connectivity index (χ1) is 7.07. The highest BCUT2D eigenvalue weighted by Crippen LogP contribution is 2.07. The van der Waals surface area contributed by atoms with Gasteiger partial charge in [-0.05, 0) is 6.92 Å². The molecule has 0 fully saturated rings. The number of carbonyl (C=O) groups excluding carboxylic acids is 1. The van der Waals surface area contributed by atoms with Crippen molar-refractivity contribution in [2.75, 3.05) is 7.05 Å². The van der Waals surface area contributed by atoms with E-state index >= 15 is 0 Å². The molecule has 0 spiro atoms. The van der Waals surface area contributed by atoms with E-state index < -0.39 is 0 Å². The molecular weight excluding hydrogens is 192 g/mol. The van der Waals surface area contributed by atoms with Gasteiger partial charge in [-0.2, -0.15) is 5.26 Å². The monoisotopic (exact) mass is 206 g/mol. The third kappa shape index (κ3) is 2.34. The van der Waals surface area contributed by atoms with E-state index in [0.717, 1.165) is 0 Å². The molecule has 0 radical (unpaired) electrons. The Morgan fingerprint density at radius 2 is 2.47 bits per heavy atom. The van der Waals surface area contributed by atoms with Gasteiger partial charge in [0.15, 0.2) is 0 Å².